The molecule has 0 atom stereocenters. The molecular formula is C17H17N. The van der Waals surface area contributed by atoms with Gasteiger partial charge in [-0.05, 0) is 55.4 Å². The van der Waals surface area contributed by atoms with E-state index in [4.69, 9.17) is 4.98 Å². The van der Waals surface area contributed by atoms with Crippen molar-refractivity contribution in [2.75, 3.05) is 0 Å². The predicted molar refractivity (Wildman–Crippen MR) is 72.8 cm³/mol. The zero-order chi connectivity index (χ0) is 12.2. The number of pyridine rings is 1. The summed E-state index contributed by atoms with van der Waals surface area (Å²) in [6.07, 6.45) is 4.82. The fourth-order valence-electron chi connectivity index (χ4n) is 3.50. The molecule has 1 saturated carbocycles. The second-order valence-corrected chi connectivity index (χ2v) is 5.69. The Labute approximate surface area is 108 Å². The predicted octanol–water partition coefficient (Wildman–Crippen LogP) is 3.57. The van der Waals surface area contributed by atoms with E-state index in [0.29, 0.717) is 5.41 Å². The molecule has 2 aliphatic rings. The molecule has 0 aliphatic heterocycles. The quantitative estimate of drug-likeness (QED) is 0.680. The Morgan fingerprint density at radius 3 is 2.61 bits per heavy atom. The number of benzene rings is 1. The van der Waals surface area contributed by atoms with Gasteiger partial charge in [0.25, 0.3) is 0 Å². The highest BCUT2D eigenvalue weighted by atomic mass is 14.7. The molecule has 2 aromatic rings. The van der Waals surface area contributed by atoms with Gasteiger partial charge >= 0.3 is 0 Å². The van der Waals surface area contributed by atoms with Crippen LogP contribution in [0.5, 0.6) is 0 Å². The fraction of sp³-hybridized carbons (Fsp3) is 0.353. The highest BCUT2D eigenvalue weighted by Crippen LogP contribution is 2.56. The van der Waals surface area contributed by atoms with Crippen molar-refractivity contribution in [1.82, 2.24) is 4.98 Å². The van der Waals surface area contributed by atoms with Gasteiger partial charge in [-0.15, -0.1) is 0 Å². The number of nitrogens with zero attached hydrogens (tertiary/aromatic N) is 1. The molecule has 1 aromatic heterocycles. The Hall–Kier alpha value is -1.63. The Bertz CT molecular complexity index is 623. The van der Waals surface area contributed by atoms with Gasteiger partial charge in [0.2, 0.25) is 0 Å². The molecule has 90 valence electrons. The minimum absolute atomic E-state index is 0.309. The van der Waals surface area contributed by atoms with E-state index in [1.54, 1.807) is 5.56 Å². The van der Waals surface area contributed by atoms with E-state index >= 15 is 0 Å². The molecule has 0 saturated heterocycles. The summed E-state index contributed by atoms with van der Waals surface area (Å²) in [7, 11) is 0. The smallest absolute Gasteiger partial charge is 0.0451 e. The third kappa shape index (κ3) is 1.30. The van der Waals surface area contributed by atoms with Gasteiger partial charge in [0.05, 0.1) is 0 Å². The van der Waals surface area contributed by atoms with Crippen LogP contribution in [0.4, 0.5) is 0 Å². The van der Waals surface area contributed by atoms with E-state index < -0.39 is 0 Å². The fourth-order valence-corrected chi connectivity index (χ4v) is 3.50. The summed E-state index contributed by atoms with van der Waals surface area (Å²) in [6.45, 7) is 2.10. The third-order valence-electron chi connectivity index (χ3n) is 4.54. The van der Waals surface area contributed by atoms with Gasteiger partial charge in [0.15, 0.2) is 0 Å². The van der Waals surface area contributed by atoms with Crippen LogP contribution in [0.2, 0.25) is 0 Å². The SMILES string of the molecule is Cc1ccc2c(n1)CCc1ccccc1C21CC1. The molecule has 1 heterocycles. The Kier molecular flexibility index (Phi) is 1.97. The van der Waals surface area contributed by atoms with E-state index in [-0.39, 0.29) is 0 Å². The van der Waals surface area contributed by atoms with E-state index in [1.165, 1.54) is 29.7 Å². The topological polar surface area (TPSA) is 12.9 Å². The lowest BCUT2D eigenvalue weighted by atomic mass is 9.86. The molecule has 1 spiro atoms. The van der Waals surface area contributed by atoms with Crippen LogP contribution in [-0.2, 0) is 18.3 Å². The van der Waals surface area contributed by atoms with Crippen molar-refractivity contribution >= 4 is 0 Å². The van der Waals surface area contributed by atoms with Crippen LogP contribution >= 0.6 is 0 Å². The molecule has 0 N–H and O–H groups in total. The van der Waals surface area contributed by atoms with Crippen LogP contribution in [0, 0.1) is 6.92 Å². The average molecular weight is 235 g/mol. The van der Waals surface area contributed by atoms with Crippen LogP contribution < -0.4 is 0 Å². The second kappa shape index (κ2) is 3.44. The van der Waals surface area contributed by atoms with Crippen molar-refractivity contribution in [2.45, 2.75) is 38.0 Å². The summed E-state index contributed by atoms with van der Waals surface area (Å²) < 4.78 is 0. The van der Waals surface area contributed by atoms with E-state index in [0.717, 1.165) is 18.5 Å². The standard InChI is InChI=1S/C17H17N/c1-12-6-8-15-16(18-12)9-7-13-4-2-3-5-14(13)17(15)10-11-17/h2-6,8H,7,9-11H2,1H3. The zero-order valence-corrected chi connectivity index (χ0v) is 10.7. The van der Waals surface area contributed by atoms with E-state index in [1.807, 2.05) is 0 Å². The van der Waals surface area contributed by atoms with Crippen LogP contribution in [-0.4, -0.2) is 4.98 Å². The molecule has 0 radical (unpaired) electrons. The van der Waals surface area contributed by atoms with Crippen LogP contribution in [0.15, 0.2) is 36.4 Å². The number of hydrogen-bond donors (Lipinski definition) is 0. The van der Waals surface area contributed by atoms with Crippen molar-refractivity contribution in [3.63, 3.8) is 0 Å². The van der Waals surface area contributed by atoms with E-state index in [2.05, 4.69) is 43.3 Å². The van der Waals surface area contributed by atoms with Crippen molar-refractivity contribution in [3.8, 4) is 0 Å². The summed E-state index contributed by atoms with van der Waals surface area (Å²) in [5.74, 6) is 0. The largest absolute Gasteiger partial charge is 0.258 e. The number of aryl methyl sites for hydroxylation is 3. The molecular weight excluding hydrogens is 218 g/mol. The molecule has 18 heavy (non-hydrogen) atoms. The maximum atomic E-state index is 4.79. The Morgan fingerprint density at radius 1 is 0.944 bits per heavy atom. The lowest BCUT2D eigenvalue weighted by Gasteiger charge is -2.18. The van der Waals surface area contributed by atoms with Crippen LogP contribution in [0.25, 0.3) is 0 Å². The molecule has 2 aliphatic carbocycles. The highest BCUT2D eigenvalue weighted by Gasteiger charge is 2.49. The Morgan fingerprint density at radius 2 is 1.78 bits per heavy atom. The minimum Gasteiger partial charge on any atom is -0.258 e. The van der Waals surface area contributed by atoms with Crippen molar-refractivity contribution in [3.05, 3.63) is 64.5 Å². The third-order valence-corrected chi connectivity index (χ3v) is 4.54. The molecule has 1 nitrogen and oxygen atoms in total. The molecule has 0 unspecified atom stereocenters. The summed E-state index contributed by atoms with van der Waals surface area (Å²) >= 11 is 0. The zero-order valence-electron chi connectivity index (χ0n) is 10.7. The van der Waals surface area contributed by atoms with Gasteiger partial charge in [0, 0.05) is 16.8 Å². The first-order valence-electron chi connectivity index (χ1n) is 6.85. The second-order valence-electron chi connectivity index (χ2n) is 5.69. The number of hydrogen-bond acceptors (Lipinski definition) is 1. The minimum atomic E-state index is 0.309. The van der Waals surface area contributed by atoms with Crippen molar-refractivity contribution < 1.29 is 0 Å². The first-order chi connectivity index (χ1) is 8.79. The first-order valence-corrected chi connectivity index (χ1v) is 6.85. The lowest BCUT2D eigenvalue weighted by molar-refractivity contribution is 0.822. The first kappa shape index (κ1) is 10.3. The summed E-state index contributed by atoms with van der Waals surface area (Å²) in [4.78, 5) is 4.79. The maximum Gasteiger partial charge on any atom is 0.0451 e. The molecule has 0 bridgehead atoms. The number of aromatic nitrogens is 1. The van der Waals surface area contributed by atoms with Gasteiger partial charge < -0.3 is 0 Å². The van der Waals surface area contributed by atoms with Gasteiger partial charge in [0.1, 0.15) is 0 Å². The highest BCUT2D eigenvalue weighted by molar-refractivity contribution is 5.52. The molecule has 0 amide bonds. The van der Waals surface area contributed by atoms with Crippen LogP contribution in [0.1, 0.15) is 40.9 Å². The summed E-state index contributed by atoms with van der Waals surface area (Å²) in [6, 6.07) is 13.5. The Balaban J connectivity index is 1.98. The number of rotatable bonds is 0. The van der Waals surface area contributed by atoms with Gasteiger partial charge in [-0.1, -0.05) is 30.3 Å². The lowest BCUT2D eigenvalue weighted by Crippen LogP contribution is -2.12. The average Bonchev–Trinajstić information content (AvgIpc) is 3.19. The summed E-state index contributed by atoms with van der Waals surface area (Å²) in [5, 5.41) is 0. The normalized spacial score (nSPS) is 18.9. The van der Waals surface area contributed by atoms with Crippen molar-refractivity contribution in [2.24, 2.45) is 0 Å². The van der Waals surface area contributed by atoms with Gasteiger partial charge in [-0.25, -0.2) is 0 Å². The molecule has 4 rings (SSSR count). The van der Waals surface area contributed by atoms with Gasteiger partial charge in [-0.2, -0.15) is 0 Å². The molecule has 1 heteroatoms. The van der Waals surface area contributed by atoms with Crippen LogP contribution in [0.3, 0.4) is 0 Å². The van der Waals surface area contributed by atoms with Gasteiger partial charge in [-0.3, -0.25) is 4.98 Å². The van der Waals surface area contributed by atoms with E-state index in [9.17, 15) is 0 Å². The molecule has 1 aromatic carbocycles. The number of fused-ring (bicyclic) bond motifs is 4. The van der Waals surface area contributed by atoms with Crippen molar-refractivity contribution in [1.29, 1.82) is 0 Å². The summed E-state index contributed by atoms with van der Waals surface area (Å²) in [5.41, 5.74) is 7.39. The monoisotopic (exact) mass is 235 g/mol. The maximum absolute atomic E-state index is 4.79. The molecule has 1 fully saturated rings.